The number of alkyl halides is 1. The van der Waals surface area contributed by atoms with Gasteiger partial charge in [0.2, 0.25) is 5.82 Å². The molecule has 0 amide bonds. The molecule has 6 heteroatoms. The maximum absolute atomic E-state index is 14.7. The third-order valence-corrected chi connectivity index (χ3v) is 7.59. The summed E-state index contributed by atoms with van der Waals surface area (Å²) in [6.07, 6.45) is 22.0. The van der Waals surface area contributed by atoms with Crippen LogP contribution in [0.4, 0.5) is 13.2 Å². The topological polar surface area (TPSA) is 35.0 Å². The van der Waals surface area contributed by atoms with Crippen molar-refractivity contribution in [2.24, 2.45) is 5.92 Å². The number of aryl methyl sites for hydroxylation is 1. The summed E-state index contributed by atoms with van der Waals surface area (Å²) in [5.74, 6) is -1.36. The van der Waals surface area contributed by atoms with Crippen LogP contribution >= 0.6 is 0 Å². The van der Waals surface area contributed by atoms with Crippen molar-refractivity contribution in [3.05, 3.63) is 41.7 Å². The molecule has 1 aromatic carbocycles. The van der Waals surface area contributed by atoms with E-state index in [1.165, 1.54) is 76.3 Å². The number of unbranched alkanes of at least 4 members (excludes halogenated alkanes) is 8. The van der Waals surface area contributed by atoms with E-state index in [9.17, 15) is 13.2 Å². The first-order chi connectivity index (χ1) is 18.1. The molecule has 1 aromatic heterocycles. The fourth-order valence-electron chi connectivity index (χ4n) is 5.26. The summed E-state index contributed by atoms with van der Waals surface area (Å²) >= 11 is 0. The summed E-state index contributed by atoms with van der Waals surface area (Å²) in [6.45, 7) is 1.81. The molecule has 1 saturated carbocycles. The van der Waals surface area contributed by atoms with E-state index in [4.69, 9.17) is 4.74 Å². The van der Waals surface area contributed by atoms with Crippen LogP contribution in [0.3, 0.4) is 0 Å². The van der Waals surface area contributed by atoms with Gasteiger partial charge in [-0.2, -0.15) is 4.39 Å². The number of rotatable bonds is 18. The van der Waals surface area contributed by atoms with Gasteiger partial charge in [0, 0.05) is 12.4 Å². The fraction of sp³-hybridized carbons (Fsp3) is 0.677. The highest BCUT2D eigenvalue weighted by atomic mass is 19.2. The average molecular weight is 519 g/mol. The lowest BCUT2D eigenvalue weighted by Crippen LogP contribution is -2.14. The maximum Gasteiger partial charge on any atom is 0.201 e. The second-order valence-corrected chi connectivity index (χ2v) is 10.7. The number of ether oxygens (including phenoxy) is 1. The zero-order chi connectivity index (χ0) is 26.3. The molecular formula is C31H45F3N2O. The van der Waals surface area contributed by atoms with Crippen molar-refractivity contribution in [1.82, 2.24) is 9.97 Å². The van der Waals surface area contributed by atoms with E-state index in [0.717, 1.165) is 50.0 Å². The third-order valence-electron chi connectivity index (χ3n) is 7.59. The van der Waals surface area contributed by atoms with Crippen LogP contribution in [-0.2, 0) is 6.42 Å². The van der Waals surface area contributed by atoms with E-state index in [-0.39, 0.29) is 23.7 Å². The first-order valence-corrected chi connectivity index (χ1v) is 14.6. The molecule has 206 valence electrons. The normalized spacial score (nSPS) is 14.8. The molecule has 0 radical (unpaired) electrons. The summed E-state index contributed by atoms with van der Waals surface area (Å²) < 4.78 is 48.5. The van der Waals surface area contributed by atoms with Crippen LogP contribution in [0, 0.1) is 17.6 Å². The highest BCUT2D eigenvalue weighted by Crippen LogP contribution is 2.30. The van der Waals surface area contributed by atoms with Gasteiger partial charge in [-0.3, -0.25) is 0 Å². The molecule has 3 rings (SSSR count). The smallest absolute Gasteiger partial charge is 0.201 e. The molecule has 0 aliphatic heterocycles. The average Bonchev–Trinajstić information content (AvgIpc) is 3.43. The number of hydrogen-bond donors (Lipinski definition) is 0. The first-order valence-electron chi connectivity index (χ1n) is 14.6. The number of halogens is 3. The Kier molecular flexibility index (Phi) is 13.3. The highest BCUT2D eigenvalue weighted by molar-refractivity contribution is 5.57. The Bertz CT molecular complexity index is 900. The monoisotopic (exact) mass is 518 g/mol. The van der Waals surface area contributed by atoms with Gasteiger partial charge in [-0.25, -0.2) is 18.7 Å². The minimum atomic E-state index is -1.20. The van der Waals surface area contributed by atoms with Gasteiger partial charge in [0.1, 0.15) is 12.8 Å². The molecule has 0 N–H and O–H groups in total. The largest absolute Gasteiger partial charge is 0.487 e. The van der Waals surface area contributed by atoms with Gasteiger partial charge in [-0.05, 0) is 42.9 Å². The molecule has 1 aliphatic rings. The SMILES string of the molecule is CCCCCCC(F)COc1ccc(-c2ncc(CCCCCCCCC3CCCC3)cn2)c(F)c1F. The molecule has 0 saturated heterocycles. The van der Waals surface area contributed by atoms with Crippen LogP contribution in [0.1, 0.15) is 115 Å². The van der Waals surface area contributed by atoms with Crippen molar-refractivity contribution in [2.75, 3.05) is 6.61 Å². The second-order valence-electron chi connectivity index (χ2n) is 10.7. The van der Waals surface area contributed by atoms with Crippen LogP contribution in [0.25, 0.3) is 11.4 Å². The summed E-state index contributed by atoms with van der Waals surface area (Å²) in [4.78, 5) is 8.52. The zero-order valence-corrected chi connectivity index (χ0v) is 22.6. The Morgan fingerprint density at radius 3 is 2.27 bits per heavy atom. The van der Waals surface area contributed by atoms with Gasteiger partial charge in [0.15, 0.2) is 17.4 Å². The van der Waals surface area contributed by atoms with Crippen LogP contribution in [0.15, 0.2) is 24.5 Å². The molecule has 3 nitrogen and oxygen atoms in total. The van der Waals surface area contributed by atoms with Crippen LogP contribution in [0.2, 0.25) is 0 Å². The van der Waals surface area contributed by atoms with E-state index in [2.05, 4.69) is 16.9 Å². The molecule has 0 spiro atoms. The molecule has 37 heavy (non-hydrogen) atoms. The van der Waals surface area contributed by atoms with Gasteiger partial charge in [0.05, 0.1) is 5.56 Å². The van der Waals surface area contributed by atoms with Gasteiger partial charge in [0.25, 0.3) is 0 Å². The second kappa shape index (κ2) is 16.7. The van der Waals surface area contributed by atoms with Crippen molar-refractivity contribution in [3.8, 4) is 17.1 Å². The summed E-state index contributed by atoms with van der Waals surface area (Å²) in [6, 6.07) is 2.71. The van der Waals surface area contributed by atoms with E-state index in [1.807, 2.05) is 0 Å². The van der Waals surface area contributed by atoms with E-state index < -0.39 is 17.8 Å². The minimum absolute atomic E-state index is 0.0228. The molecule has 1 heterocycles. The van der Waals surface area contributed by atoms with Crippen molar-refractivity contribution >= 4 is 0 Å². The lowest BCUT2D eigenvalue weighted by Gasteiger charge is -2.12. The molecule has 1 unspecified atom stereocenters. The summed E-state index contributed by atoms with van der Waals surface area (Å²) in [5, 5.41) is 0. The van der Waals surface area contributed by atoms with Crippen LogP contribution < -0.4 is 4.74 Å². The van der Waals surface area contributed by atoms with E-state index >= 15 is 0 Å². The number of aromatic nitrogens is 2. The number of nitrogens with zero attached hydrogens (tertiary/aromatic N) is 2. The molecule has 0 bridgehead atoms. The number of benzene rings is 1. The standard InChI is InChI=1S/C31H45F3N2O/c1-2-3-4-11-18-26(32)23-37-28-20-19-27(29(33)30(28)34)31-35-21-25(22-36-31)17-10-8-6-5-7-9-14-24-15-12-13-16-24/h19-22,24,26H,2-18,23H2,1H3. The molecular weight excluding hydrogens is 473 g/mol. The van der Waals surface area contributed by atoms with Crippen molar-refractivity contribution < 1.29 is 17.9 Å². The van der Waals surface area contributed by atoms with Crippen LogP contribution in [-0.4, -0.2) is 22.7 Å². The lowest BCUT2D eigenvalue weighted by atomic mass is 9.99. The molecule has 2 aromatic rings. The lowest BCUT2D eigenvalue weighted by molar-refractivity contribution is 0.177. The molecule has 1 aliphatic carbocycles. The van der Waals surface area contributed by atoms with Crippen molar-refractivity contribution in [2.45, 2.75) is 122 Å². The highest BCUT2D eigenvalue weighted by Gasteiger charge is 2.19. The third kappa shape index (κ3) is 10.3. The Balaban J connectivity index is 1.37. The van der Waals surface area contributed by atoms with Crippen LogP contribution in [0.5, 0.6) is 5.75 Å². The van der Waals surface area contributed by atoms with Gasteiger partial charge >= 0.3 is 0 Å². The predicted octanol–water partition coefficient (Wildman–Crippen LogP) is 9.57. The fourth-order valence-corrected chi connectivity index (χ4v) is 5.26. The number of hydrogen-bond acceptors (Lipinski definition) is 3. The quantitative estimate of drug-likeness (QED) is 0.184. The summed E-state index contributed by atoms with van der Waals surface area (Å²) in [5.41, 5.74) is 0.976. The Hall–Kier alpha value is -2.11. The van der Waals surface area contributed by atoms with Gasteiger partial charge < -0.3 is 4.74 Å². The Morgan fingerprint density at radius 1 is 0.865 bits per heavy atom. The van der Waals surface area contributed by atoms with E-state index in [0.29, 0.717) is 6.42 Å². The van der Waals surface area contributed by atoms with Crippen molar-refractivity contribution in [3.63, 3.8) is 0 Å². The Labute approximate surface area is 221 Å². The molecule has 1 fully saturated rings. The van der Waals surface area contributed by atoms with Gasteiger partial charge in [-0.1, -0.05) is 96.8 Å². The predicted molar refractivity (Wildman–Crippen MR) is 145 cm³/mol. The van der Waals surface area contributed by atoms with Crippen molar-refractivity contribution in [1.29, 1.82) is 0 Å². The van der Waals surface area contributed by atoms with Gasteiger partial charge in [-0.15, -0.1) is 0 Å². The summed E-state index contributed by atoms with van der Waals surface area (Å²) in [7, 11) is 0. The maximum atomic E-state index is 14.7. The minimum Gasteiger partial charge on any atom is -0.487 e. The Morgan fingerprint density at radius 2 is 1.54 bits per heavy atom. The molecule has 1 atom stereocenters. The zero-order valence-electron chi connectivity index (χ0n) is 22.6. The first kappa shape index (κ1) is 29.4. The van der Waals surface area contributed by atoms with E-state index in [1.54, 1.807) is 12.4 Å².